The highest BCUT2D eigenvalue weighted by Crippen LogP contribution is 2.25. The van der Waals surface area contributed by atoms with Gasteiger partial charge in [0, 0.05) is 0 Å². The lowest BCUT2D eigenvalue weighted by Crippen LogP contribution is -2.34. The molecule has 0 aliphatic carbocycles. The summed E-state index contributed by atoms with van der Waals surface area (Å²) in [5, 5.41) is 18.5. The summed E-state index contributed by atoms with van der Waals surface area (Å²) < 4.78 is 4.99. The molecule has 5 heteroatoms. The number of unbranched alkanes of at least 4 members (excludes halogenated alkanes) is 1. The molecule has 100 valence electrons. The molecular formula is C13H19NO4. The van der Waals surface area contributed by atoms with Gasteiger partial charge >= 0.3 is 5.97 Å². The lowest BCUT2D eigenvalue weighted by atomic mass is 10.1. The van der Waals surface area contributed by atoms with Crippen LogP contribution in [-0.4, -0.2) is 28.8 Å². The Morgan fingerprint density at radius 3 is 2.72 bits per heavy atom. The minimum Gasteiger partial charge on any atom is -0.504 e. The molecule has 0 amide bonds. The van der Waals surface area contributed by atoms with E-state index in [2.05, 4.69) is 0 Å². The summed E-state index contributed by atoms with van der Waals surface area (Å²) in [4.78, 5) is 11.5. The molecule has 0 heterocycles. The van der Waals surface area contributed by atoms with Crippen LogP contribution >= 0.6 is 0 Å². The zero-order valence-electron chi connectivity index (χ0n) is 10.4. The van der Waals surface area contributed by atoms with Gasteiger partial charge in [0.15, 0.2) is 11.5 Å². The molecule has 0 bridgehead atoms. The van der Waals surface area contributed by atoms with Crippen molar-refractivity contribution in [1.82, 2.24) is 0 Å². The van der Waals surface area contributed by atoms with Gasteiger partial charge in [0.25, 0.3) is 0 Å². The maximum Gasteiger partial charge on any atom is 0.323 e. The molecule has 0 spiro atoms. The average Bonchev–Trinajstić information content (AvgIpc) is 2.34. The van der Waals surface area contributed by atoms with Gasteiger partial charge in [-0.25, -0.2) is 0 Å². The average molecular weight is 253 g/mol. The quantitative estimate of drug-likeness (QED) is 0.404. The number of nitrogens with two attached hydrogens (primary N) is 1. The van der Waals surface area contributed by atoms with Gasteiger partial charge in [-0.2, -0.15) is 0 Å². The first-order chi connectivity index (χ1) is 8.54. The number of hydrogen-bond donors (Lipinski definition) is 3. The predicted octanol–water partition coefficient (Wildman–Crippen LogP) is 1.31. The monoisotopic (exact) mass is 253 g/mol. The van der Waals surface area contributed by atoms with Crippen molar-refractivity contribution in [3.63, 3.8) is 0 Å². The fraction of sp³-hybridized carbons (Fsp3) is 0.462. The standard InChI is InChI=1S/C13H19NO4/c1-2-3-6-18-13(17)10(14)7-9-4-5-11(15)12(16)8-9/h4-5,8,10,15-16H,2-3,6-7,14H2,1H3/t10-/m1/s1. The van der Waals surface area contributed by atoms with Crippen molar-refractivity contribution in [1.29, 1.82) is 0 Å². The third-order valence-electron chi connectivity index (χ3n) is 2.54. The van der Waals surface area contributed by atoms with Gasteiger partial charge in [-0.15, -0.1) is 0 Å². The van der Waals surface area contributed by atoms with E-state index in [1.165, 1.54) is 12.1 Å². The second-order valence-electron chi connectivity index (χ2n) is 4.15. The summed E-state index contributed by atoms with van der Waals surface area (Å²) in [6, 6.07) is 3.59. The maximum atomic E-state index is 11.5. The summed E-state index contributed by atoms with van der Waals surface area (Å²) in [6.07, 6.45) is 2.03. The molecule has 0 fully saturated rings. The third-order valence-corrected chi connectivity index (χ3v) is 2.54. The molecule has 0 unspecified atom stereocenters. The molecular weight excluding hydrogens is 234 g/mol. The van der Waals surface area contributed by atoms with Crippen LogP contribution in [0.2, 0.25) is 0 Å². The van der Waals surface area contributed by atoms with Crippen molar-refractivity contribution in [3.8, 4) is 11.5 Å². The number of rotatable bonds is 6. The zero-order chi connectivity index (χ0) is 13.5. The van der Waals surface area contributed by atoms with Gasteiger partial charge in [0.2, 0.25) is 0 Å². The first-order valence-electron chi connectivity index (χ1n) is 5.97. The van der Waals surface area contributed by atoms with E-state index in [9.17, 15) is 9.90 Å². The van der Waals surface area contributed by atoms with Crippen LogP contribution in [0.25, 0.3) is 0 Å². The molecule has 0 aliphatic heterocycles. The Bertz CT molecular complexity index is 406. The highest BCUT2D eigenvalue weighted by molar-refractivity contribution is 5.75. The number of phenolic OH excluding ortho intramolecular Hbond substituents is 2. The van der Waals surface area contributed by atoms with Crippen molar-refractivity contribution < 1.29 is 19.7 Å². The minimum absolute atomic E-state index is 0.196. The highest BCUT2D eigenvalue weighted by atomic mass is 16.5. The van der Waals surface area contributed by atoms with Gasteiger partial charge in [-0.3, -0.25) is 4.79 Å². The van der Waals surface area contributed by atoms with Crippen molar-refractivity contribution in [2.24, 2.45) is 5.73 Å². The molecule has 5 nitrogen and oxygen atoms in total. The molecule has 0 saturated carbocycles. The lowest BCUT2D eigenvalue weighted by molar-refractivity contribution is -0.145. The van der Waals surface area contributed by atoms with Crippen LogP contribution in [0.15, 0.2) is 18.2 Å². The Morgan fingerprint density at radius 2 is 2.11 bits per heavy atom. The van der Waals surface area contributed by atoms with Crippen molar-refractivity contribution >= 4 is 5.97 Å². The SMILES string of the molecule is CCCCOC(=O)[C@H](N)Cc1ccc(O)c(O)c1. The molecule has 1 rings (SSSR count). The van der Waals surface area contributed by atoms with Crippen molar-refractivity contribution in [2.75, 3.05) is 6.61 Å². The molecule has 0 aromatic heterocycles. The van der Waals surface area contributed by atoms with Crippen LogP contribution in [-0.2, 0) is 16.0 Å². The number of carbonyl (C=O) groups excluding carboxylic acids is 1. The van der Waals surface area contributed by atoms with E-state index in [-0.39, 0.29) is 17.9 Å². The number of benzene rings is 1. The first kappa shape index (κ1) is 14.3. The summed E-state index contributed by atoms with van der Waals surface area (Å²) in [7, 11) is 0. The molecule has 1 aromatic carbocycles. The first-order valence-corrected chi connectivity index (χ1v) is 5.97. The Morgan fingerprint density at radius 1 is 1.39 bits per heavy atom. The van der Waals surface area contributed by atoms with Gasteiger partial charge in [0.1, 0.15) is 6.04 Å². The van der Waals surface area contributed by atoms with Gasteiger partial charge < -0.3 is 20.7 Å². The smallest absolute Gasteiger partial charge is 0.323 e. The molecule has 0 saturated heterocycles. The van der Waals surface area contributed by atoms with E-state index in [0.717, 1.165) is 12.8 Å². The summed E-state index contributed by atoms with van der Waals surface area (Å²) in [5.41, 5.74) is 6.37. The highest BCUT2D eigenvalue weighted by Gasteiger charge is 2.16. The second kappa shape index (κ2) is 6.86. The summed E-state index contributed by atoms with van der Waals surface area (Å²) >= 11 is 0. The molecule has 18 heavy (non-hydrogen) atoms. The number of ether oxygens (including phenoxy) is 1. The van der Waals surface area contributed by atoms with E-state index in [1.54, 1.807) is 6.07 Å². The van der Waals surface area contributed by atoms with Crippen molar-refractivity contribution in [3.05, 3.63) is 23.8 Å². The van der Waals surface area contributed by atoms with Crippen molar-refractivity contribution in [2.45, 2.75) is 32.2 Å². The fourth-order valence-corrected chi connectivity index (χ4v) is 1.46. The lowest BCUT2D eigenvalue weighted by Gasteiger charge is -2.11. The predicted molar refractivity (Wildman–Crippen MR) is 67.3 cm³/mol. The Balaban J connectivity index is 2.50. The number of phenols is 2. The molecule has 0 aliphatic rings. The van der Waals surface area contributed by atoms with E-state index in [1.807, 2.05) is 6.92 Å². The molecule has 0 radical (unpaired) electrons. The second-order valence-corrected chi connectivity index (χ2v) is 4.15. The van der Waals surface area contributed by atoms with Gasteiger partial charge in [-0.05, 0) is 30.5 Å². The van der Waals surface area contributed by atoms with Gasteiger partial charge in [-0.1, -0.05) is 19.4 Å². The topological polar surface area (TPSA) is 92.8 Å². The van der Waals surface area contributed by atoms with Gasteiger partial charge in [0.05, 0.1) is 6.61 Å². The van der Waals surface area contributed by atoms with E-state index in [0.29, 0.717) is 12.2 Å². The van der Waals surface area contributed by atoms with Crippen LogP contribution in [0.1, 0.15) is 25.3 Å². The Labute approximate surface area is 106 Å². The molecule has 4 N–H and O–H groups in total. The number of esters is 1. The zero-order valence-corrected chi connectivity index (χ0v) is 10.4. The van der Waals surface area contributed by atoms with E-state index in [4.69, 9.17) is 15.6 Å². The summed E-state index contributed by atoms with van der Waals surface area (Å²) in [5.74, 6) is -0.868. The Kier molecular flexibility index (Phi) is 5.45. The number of aromatic hydroxyl groups is 2. The normalized spacial score (nSPS) is 12.1. The number of carbonyl (C=O) groups is 1. The van der Waals surface area contributed by atoms with E-state index < -0.39 is 12.0 Å². The maximum absolute atomic E-state index is 11.5. The van der Waals surface area contributed by atoms with Crippen LogP contribution in [0, 0.1) is 0 Å². The minimum atomic E-state index is -0.759. The largest absolute Gasteiger partial charge is 0.504 e. The van der Waals surface area contributed by atoms with Crippen LogP contribution in [0.3, 0.4) is 0 Å². The molecule has 1 atom stereocenters. The fourth-order valence-electron chi connectivity index (χ4n) is 1.46. The third kappa shape index (κ3) is 4.25. The summed E-state index contributed by atoms with van der Waals surface area (Å²) in [6.45, 7) is 2.39. The van der Waals surface area contributed by atoms with Crippen LogP contribution in [0.4, 0.5) is 0 Å². The van der Waals surface area contributed by atoms with Crippen LogP contribution in [0.5, 0.6) is 11.5 Å². The Hall–Kier alpha value is -1.75. The number of hydrogen-bond acceptors (Lipinski definition) is 5. The van der Waals surface area contributed by atoms with E-state index >= 15 is 0 Å². The van der Waals surface area contributed by atoms with Crippen LogP contribution < -0.4 is 5.73 Å². The molecule has 1 aromatic rings.